The van der Waals surface area contributed by atoms with E-state index < -0.39 is 4.92 Å². The Hall–Kier alpha value is -1.69. The number of piperidine rings is 2. The number of likely N-dealkylation sites (tertiary alicyclic amines) is 1. The molecular formula is C15H22N4O2. The van der Waals surface area contributed by atoms with Gasteiger partial charge in [0.1, 0.15) is 0 Å². The van der Waals surface area contributed by atoms with Gasteiger partial charge in [-0.15, -0.1) is 0 Å². The van der Waals surface area contributed by atoms with Gasteiger partial charge < -0.3 is 19.9 Å². The monoisotopic (exact) mass is 290 g/mol. The number of aromatic nitrogens is 1. The largest absolute Gasteiger partial charge is 0.368 e. The highest BCUT2D eigenvalue weighted by Crippen LogP contribution is 2.41. The maximum atomic E-state index is 10.6. The summed E-state index contributed by atoms with van der Waals surface area (Å²) in [5.74, 6) is -0.0810. The summed E-state index contributed by atoms with van der Waals surface area (Å²) in [5.41, 5.74) is 1.53. The molecule has 3 heterocycles. The summed E-state index contributed by atoms with van der Waals surface area (Å²) in [6.07, 6.45) is 6.67. The van der Waals surface area contributed by atoms with Gasteiger partial charge in [-0.25, -0.2) is 0 Å². The molecule has 1 spiro atoms. The van der Waals surface area contributed by atoms with Crippen molar-refractivity contribution in [3.63, 3.8) is 0 Å². The van der Waals surface area contributed by atoms with Gasteiger partial charge in [0.05, 0.1) is 5.69 Å². The highest BCUT2D eigenvalue weighted by molar-refractivity contribution is 5.47. The summed E-state index contributed by atoms with van der Waals surface area (Å²) < 4.78 is 0. The molecule has 0 unspecified atom stereocenters. The molecule has 0 atom stereocenters. The first-order valence-electron chi connectivity index (χ1n) is 7.62. The fourth-order valence-electron chi connectivity index (χ4n) is 3.51. The van der Waals surface area contributed by atoms with E-state index >= 15 is 0 Å². The summed E-state index contributed by atoms with van der Waals surface area (Å²) in [6, 6.07) is 3.31. The van der Waals surface area contributed by atoms with Gasteiger partial charge in [0.2, 0.25) is 0 Å². The molecule has 0 N–H and O–H groups in total. The first kappa shape index (κ1) is 14.3. The van der Waals surface area contributed by atoms with Crippen molar-refractivity contribution in [3.05, 3.63) is 28.4 Å². The summed E-state index contributed by atoms with van der Waals surface area (Å²) in [4.78, 5) is 18.8. The van der Waals surface area contributed by atoms with Crippen LogP contribution < -0.4 is 4.90 Å². The Kier molecular flexibility index (Phi) is 3.80. The second-order valence-corrected chi connectivity index (χ2v) is 6.42. The van der Waals surface area contributed by atoms with Crippen LogP contribution in [0.1, 0.15) is 25.7 Å². The van der Waals surface area contributed by atoms with E-state index in [0.29, 0.717) is 5.41 Å². The zero-order valence-electron chi connectivity index (χ0n) is 12.5. The summed E-state index contributed by atoms with van der Waals surface area (Å²) in [6.45, 7) is 4.48. The highest BCUT2D eigenvalue weighted by atomic mass is 16.6. The van der Waals surface area contributed by atoms with Gasteiger partial charge in [-0.3, -0.25) is 0 Å². The Bertz CT molecular complexity index is 499. The van der Waals surface area contributed by atoms with E-state index in [1.807, 2.05) is 6.07 Å². The minimum Gasteiger partial charge on any atom is -0.368 e. The molecule has 0 bridgehead atoms. The average Bonchev–Trinajstić information content (AvgIpc) is 2.51. The summed E-state index contributed by atoms with van der Waals surface area (Å²) in [7, 11) is 2.20. The Balaban J connectivity index is 1.61. The number of anilines is 1. The van der Waals surface area contributed by atoms with Crippen molar-refractivity contribution in [2.45, 2.75) is 25.7 Å². The molecule has 6 heteroatoms. The van der Waals surface area contributed by atoms with E-state index in [9.17, 15) is 10.1 Å². The third-order valence-electron chi connectivity index (χ3n) is 5.16. The fraction of sp³-hybridized carbons (Fsp3) is 0.667. The summed E-state index contributed by atoms with van der Waals surface area (Å²) in [5, 5.41) is 10.6. The van der Waals surface area contributed by atoms with Gasteiger partial charge in [-0.05, 0) is 67.2 Å². The fourth-order valence-corrected chi connectivity index (χ4v) is 3.51. The van der Waals surface area contributed by atoms with Gasteiger partial charge >= 0.3 is 5.82 Å². The third kappa shape index (κ3) is 3.00. The molecule has 6 nitrogen and oxygen atoms in total. The molecule has 0 aromatic carbocycles. The van der Waals surface area contributed by atoms with Crippen LogP contribution in [0.5, 0.6) is 0 Å². The smallest absolute Gasteiger partial charge is 0.363 e. The Labute approximate surface area is 124 Å². The van der Waals surface area contributed by atoms with Gasteiger partial charge in [0.15, 0.2) is 6.20 Å². The molecular weight excluding hydrogens is 268 g/mol. The van der Waals surface area contributed by atoms with Crippen molar-refractivity contribution < 1.29 is 4.92 Å². The van der Waals surface area contributed by atoms with Crippen LogP contribution in [0.15, 0.2) is 18.3 Å². The van der Waals surface area contributed by atoms with E-state index in [2.05, 4.69) is 21.8 Å². The molecule has 1 aromatic heterocycles. The molecule has 0 saturated carbocycles. The van der Waals surface area contributed by atoms with Crippen molar-refractivity contribution in [3.8, 4) is 0 Å². The van der Waals surface area contributed by atoms with E-state index in [1.165, 1.54) is 44.8 Å². The van der Waals surface area contributed by atoms with Crippen molar-refractivity contribution >= 4 is 11.5 Å². The van der Waals surface area contributed by atoms with Crippen LogP contribution in [0.4, 0.5) is 11.5 Å². The topological polar surface area (TPSA) is 62.5 Å². The van der Waals surface area contributed by atoms with E-state index in [-0.39, 0.29) is 5.82 Å². The van der Waals surface area contributed by atoms with E-state index in [4.69, 9.17) is 0 Å². The molecule has 2 aliphatic heterocycles. The maximum Gasteiger partial charge on any atom is 0.363 e. The van der Waals surface area contributed by atoms with Gasteiger partial charge in [0.25, 0.3) is 0 Å². The number of hydrogen-bond acceptors (Lipinski definition) is 5. The standard InChI is InChI=1S/C15H22N4O2/c1-17-8-4-15(5-9-17)6-10-18(11-7-15)13-2-3-14(16-12-13)19(20)21/h2-3,12H,4-11H2,1H3. The second kappa shape index (κ2) is 5.60. The minimum absolute atomic E-state index is 0.0810. The molecule has 0 aliphatic carbocycles. The van der Waals surface area contributed by atoms with Crippen LogP contribution in [0, 0.1) is 15.5 Å². The molecule has 114 valence electrons. The van der Waals surface area contributed by atoms with Gasteiger partial charge in [-0.1, -0.05) is 0 Å². The lowest BCUT2D eigenvalue weighted by Gasteiger charge is -2.46. The normalized spacial score (nSPS) is 22.4. The number of pyridine rings is 1. The van der Waals surface area contributed by atoms with Crippen LogP contribution in [0.25, 0.3) is 0 Å². The molecule has 3 rings (SSSR count). The Morgan fingerprint density at radius 1 is 1.14 bits per heavy atom. The van der Waals surface area contributed by atoms with E-state index in [1.54, 1.807) is 6.20 Å². The molecule has 0 amide bonds. The predicted octanol–water partition coefficient (Wildman–Crippen LogP) is 2.30. The maximum absolute atomic E-state index is 10.6. The zero-order valence-corrected chi connectivity index (χ0v) is 12.5. The number of hydrogen-bond donors (Lipinski definition) is 0. The molecule has 21 heavy (non-hydrogen) atoms. The van der Waals surface area contributed by atoms with Crippen molar-refractivity contribution in [1.82, 2.24) is 9.88 Å². The predicted molar refractivity (Wildman–Crippen MR) is 81.5 cm³/mol. The van der Waals surface area contributed by atoms with Crippen molar-refractivity contribution in [2.75, 3.05) is 38.1 Å². The molecule has 2 saturated heterocycles. The Morgan fingerprint density at radius 3 is 2.29 bits per heavy atom. The molecule has 0 radical (unpaired) electrons. The SMILES string of the molecule is CN1CCC2(CC1)CCN(c1ccc([N+](=O)[O-])nc1)CC2. The number of nitro groups is 1. The minimum atomic E-state index is -0.451. The number of nitrogens with zero attached hydrogens (tertiary/aromatic N) is 4. The highest BCUT2D eigenvalue weighted by Gasteiger charge is 2.37. The van der Waals surface area contributed by atoms with E-state index in [0.717, 1.165) is 18.8 Å². The Morgan fingerprint density at radius 2 is 1.76 bits per heavy atom. The first-order chi connectivity index (χ1) is 10.1. The lowest BCUT2D eigenvalue weighted by molar-refractivity contribution is -0.389. The van der Waals surface area contributed by atoms with Crippen LogP contribution in [0.3, 0.4) is 0 Å². The van der Waals surface area contributed by atoms with Gasteiger partial charge in [0, 0.05) is 19.2 Å². The quantitative estimate of drug-likeness (QED) is 0.618. The second-order valence-electron chi connectivity index (χ2n) is 6.42. The van der Waals surface area contributed by atoms with Crippen LogP contribution in [-0.4, -0.2) is 48.0 Å². The van der Waals surface area contributed by atoms with Crippen molar-refractivity contribution in [2.24, 2.45) is 5.41 Å². The van der Waals surface area contributed by atoms with Crippen molar-refractivity contribution in [1.29, 1.82) is 0 Å². The first-order valence-corrected chi connectivity index (χ1v) is 7.62. The number of rotatable bonds is 2. The summed E-state index contributed by atoms with van der Waals surface area (Å²) >= 11 is 0. The average molecular weight is 290 g/mol. The molecule has 2 fully saturated rings. The lowest BCUT2D eigenvalue weighted by Crippen LogP contribution is -2.46. The molecule has 2 aliphatic rings. The van der Waals surface area contributed by atoms with Crippen LogP contribution >= 0.6 is 0 Å². The van der Waals surface area contributed by atoms with Crippen LogP contribution in [-0.2, 0) is 0 Å². The third-order valence-corrected chi connectivity index (χ3v) is 5.16. The molecule has 1 aromatic rings. The van der Waals surface area contributed by atoms with Gasteiger partial charge in [-0.2, -0.15) is 0 Å². The zero-order chi connectivity index (χ0) is 14.9. The van der Waals surface area contributed by atoms with Crippen LogP contribution in [0.2, 0.25) is 0 Å². The lowest BCUT2D eigenvalue weighted by atomic mass is 9.71.